The van der Waals surface area contributed by atoms with Crippen molar-refractivity contribution >= 4 is 5.78 Å². The van der Waals surface area contributed by atoms with E-state index in [0.717, 1.165) is 19.3 Å². The highest BCUT2D eigenvalue weighted by atomic mass is 16.5. The minimum absolute atomic E-state index is 0.0861. The molecule has 1 atom stereocenters. The fraction of sp³-hybridized carbons (Fsp3) is 0.562. The number of ketones is 1. The molecule has 0 aromatic heterocycles. The Morgan fingerprint density at radius 3 is 2.70 bits per heavy atom. The van der Waals surface area contributed by atoms with E-state index in [0.29, 0.717) is 11.1 Å². The summed E-state index contributed by atoms with van der Waals surface area (Å²) in [6.45, 7) is 2.35. The number of unbranched alkanes of at least 4 members (excludes halogenated alkanes) is 4. The van der Waals surface area contributed by atoms with Crippen LogP contribution in [0.1, 0.15) is 61.4 Å². The fourth-order valence-electron chi connectivity index (χ4n) is 2.58. The predicted octanol–water partition coefficient (Wildman–Crippen LogP) is 3.54. The largest absolute Gasteiger partial charge is 0.504 e. The van der Waals surface area contributed by atoms with Crippen molar-refractivity contribution in [1.82, 2.24) is 0 Å². The van der Waals surface area contributed by atoms with Crippen LogP contribution in [-0.4, -0.2) is 22.1 Å². The van der Waals surface area contributed by atoms with Crippen molar-refractivity contribution in [1.29, 1.82) is 0 Å². The van der Waals surface area contributed by atoms with E-state index in [1.165, 1.54) is 25.3 Å². The molecule has 1 unspecified atom stereocenters. The summed E-state index contributed by atoms with van der Waals surface area (Å²) in [6.07, 6.45) is 6.05. The Morgan fingerprint density at radius 1 is 1.20 bits per heavy atom. The highest BCUT2D eigenvalue weighted by Gasteiger charge is 2.30. The number of fused-ring (bicyclic) bond motifs is 1. The van der Waals surface area contributed by atoms with E-state index in [1.54, 1.807) is 6.07 Å². The summed E-state index contributed by atoms with van der Waals surface area (Å²) >= 11 is 0. The fourth-order valence-corrected chi connectivity index (χ4v) is 2.58. The van der Waals surface area contributed by atoms with Gasteiger partial charge in [-0.15, -0.1) is 0 Å². The van der Waals surface area contributed by atoms with Crippen molar-refractivity contribution in [2.24, 2.45) is 0 Å². The van der Waals surface area contributed by atoms with Gasteiger partial charge in [-0.05, 0) is 18.6 Å². The number of hydrogen-bond donors (Lipinski definition) is 2. The summed E-state index contributed by atoms with van der Waals surface area (Å²) in [6, 6.07) is 2.93. The first-order valence-corrected chi connectivity index (χ1v) is 7.34. The molecule has 0 aliphatic carbocycles. The average molecular weight is 278 g/mol. The van der Waals surface area contributed by atoms with E-state index >= 15 is 0 Å². The molecule has 4 nitrogen and oxygen atoms in total. The van der Waals surface area contributed by atoms with E-state index in [9.17, 15) is 15.0 Å². The summed E-state index contributed by atoms with van der Waals surface area (Å²) in [5, 5.41) is 19.2. The average Bonchev–Trinajstić information content (AvgIpc) is 2.45. The Morgan fingerprint density at radius 2 is 1.95 bits per heavy atom. The molecule has 1 aromatic rings. The maximum absolute atomic E-state index is 12.3. The maximum atomic E-state index is 12.3. The standard InChI is InChI=1S/C16H22O4/c1-2-3-4-5-6-7-14-16(19)11-8-9-13(17)15(18)12(11)10-20-14/h8-9,14,17-18H,2-7,10H2,1H3. The Hall–Kier alpha value is -1.55. The van der Waals surface area contributed by atoms with Crippen LogP contribution in [0.15, 0.2) is 12.1 Å². The second kappa shape index (κ2) is 6.75. The van der Waals surface area contributed by atoms with E-state index in [2.05, 4.69) is 6.92 Å². The van der Waals surface area contributed by atoms with E-state index in [1.807, 2.05) is 0 Å². The van der Waals surface area contributed by atoms with Crippen molar-refractivity contribution in [3.63, 3.8) is 0 Å². The molecule has 0 spiro atoms. The van der Waals surface area contributed by atoms with Gasteiger partial charge >= 0.3 is 0 Å². The SMILES string of the molecule is CCCCCCCC1OCc2c(ccc(O)c2O)C1=O. The third-order valence-electron chi connectivity index (χ3n) is 3.82. The molecular formula is C16H22O4. The number of carbonyl (C=O) groups is 1. The second-order valence-electron chi connectivity index (χ2n) is 5.33. The van der Waals surface area contributed by atoms with Crippen LogP contribution in [0.4, 0.5) is 0 Å². The monoisotopic (exact) mass is 278 g/mol. The van der Waals surface area contributed by atoms with Crippen molar-refractivity contribution in [3.8, 4) is 11.5 Å². The third kappa shape index (κ3) is 3.12. The van der Waals surface area contributed by atoms with E-state index in [4.69, 9.17) is 4.74 Å². The number of hydrogen-bond acceptors (Lipinski definition) is 4. The van der Waals surface area contributed by atoms with Crippen LogP contribution in [-0.2, 0) is 11.3 Å². The van der Waals surface area contributed by atoms with Crippen molar-refractivity contribution in [3.05, 3.63) is 23.3 Å². The lowest BCUT2D eigenvalue weighted by molar-refractivity contribution is 0.0211. The van der Waals surface area contributed by atoms with Crippen molar-refractivity contribution in [2.75, 3.05) is 0 Å². The zero-order valence-corrected chi connectivity index (χ0v) is 11.9. The molecule has 2 rings (SSSR count). The Labute approximate surface area is 119 Å². The van der Waals surface area contributed by atoms with Gasteiger partial charge < -0.3 is 14.9 Å². The first kappa shape index (κ1) is 14.9. The molecule has 0 saturated heterocycles. The quantitative estimate of drug-likeness (QED) is 0.617. The highest BCUT2D eigenvalue weighted by molar-refractivity contribution is 6.02. The van der Waals surface area contributed by atoms with Crippen molar-refractivity contribution in [2.45, 2.75) is 58.2 Å². The van der Waals surface area contributed by atoms with Gasteiger partial charge in [-0.3, -0.25) is 4.79 Å². The number of aromatic hydroxyl groups is 2. The Balaban J connectivity index is 1.96. The molecule has 0 radical (unpaired) electrons. The molecule has 0 bridgehead atoms. The number of phenolic OH excluding ortho intramolecular Hbond substituents is 2. The highest BCUT2D eigenvalue weighted by Crippen LogP contribution is 2.35. The zero-order valence-electron chi connectivity index (χ0n) is 11.9. The number of ether oxygens (including phenoxy) is 1. The van der Waals surface area contributed by atoms with Crippen molar-refractivity contribution < 1.29 is 19.7 Å². The lowest BCUT2D eigenvalue weighted by Gasteiger charge is -2.24. The molecular weight excluding hydrogens is 256 g/mol. The predicted molar refractivity (Wildman–Crippen MR) is 76.1 cm³/mol. The lowest BCUT2D eigenvalue weighted by atomic mass is 9.94. The smallest absolute Gasteiger partial charge is 0.192 e. The summed E-state index contributed by atoms with van der Waals surface area (Å²) in [5.41, 5.74) is 0.877. The van der Waals surface area contributed by atoms with Crippen LogP contribution < -0.4 is 0 Å². The molecule has 1 aliphatic heterocycles. The summed E-state index contributed by atoms with van der Waals surface area (Å²) in [5.74, 6) is -0.535. The molecule has 0 saturated carbocycles. The number of phenols is 2. The van der Waals surface area contributed by atoms with Crippen LogP contribution in [0.5, 0.6) is 11.5 Å². The van der Waals surface area contributed by atoms with Crippen LogP contribution in [0.3, 0.4) is 0 Å². The molecule has 1 aromatic carbocycles. The van der Waals surface area contributed by atoms with Gasteiger partial charge in [0.05, 0.1) is 6.61 Å². The molecule has 1 aliphatic rings. The third-order valence-corrected chi connectivity index (χ3v) is 3.82. The van der Waals surface area contributed by atoms with Gasteiger partial charge in [-0.2, -0.15) is 0 Å². The summed E-state index contributed by atoms with van der Waals surface area (Å²) in [7, 11) is 0. The maximum Gasteiger partial charge on any atom is 0.192 e. The van der Waals surface area contributed by atoms with Gasteiger partial charge in [0, 0.05) is 11.1 Å². The minimum Gasteiger partial charge on any atom is -0.504 e. The number of carbonyl (C=O) groups excluding carboxylic acids is 1. The van der Waals surface area contributed by atoms with Gasteiger partial charge in [-0.25, -0.2) is 0 Å². The molecule has 1 heterocycles. The molecule has 4 heteroatoms. The first-order valence-electron chi connectivity index (χ1n) is 7.34. The van der Waals surface area contributed by atoms with Gasteiger partial charge in [-0.1, -0.05) is 39.0 Å². The van der Waals surface area contributed by atoms with Gasteiger partial charge in [0.1, 0.15) is 6.10 Å². The Bertz CT molecular complexity index is 482. The summed E-state index contributed by atoms with van der Waals surface area (Å²) < 4.78 is 5.54. The first-order chi connectivity index (χ1) is 9.65. The summed E-state index contributed by atoms with van der Waals surface area (Å²) in [4.78, 5) is 12.3. The number of rotatable bonds is 6. The number of Topliss-reactive ketones (excluding diaryl/α,β-unsaturated/α-hetero) is 1. The van der Waals surface area contributed by atoms with Gasteiger partial charge in [0.2, 0.25) is 0 Å². The van der Waals surface area contributed by atoms with Crippen LogP contribution in [0.2, 0.25) is 0 Å². The molecule has 20 heavy (non-hydrogen) atoms. The minimum atomic E-state index is -0.409. The molecule has 2 N–H and O–H groups in total. The van der Waals surface area contributed by atoms with Crippen LogP contribution in [0, 0.1) is 0 Å². The van der Waals surface area contributed by atoms with E-state index in [-0.39, 0.29) is 23.9 Å². The van der Waals surface area contributed by atoms with Gasteiger partial charge in [0.25, 0.3) is 0 Å². The van der Waals surface area contributed by atoms with Crippen LogP contribution >= 0.6 is 0 Å². The van der Waals surface area contributed by atoms with E-state index < -0.39 is 6.10 Å². The Kier molecular flexibility index (Phi) is 5.01. The second-order valence-corrected chi connectivity index (χ2v) is 5.33. The molecule has 0 fully saturated rings. The normalized spacial score (nSPS) is 18.1. The van der Waals surface area contributed by atoms with Crippen LogP contribution in [0.25, 0.3) is 0 Å². The number of benzene rings is 1. The molecule has 110 valence electrons. The topological polar surface area (TPSA) is 66.8 Å². The van der Waals surface area contributed by atoms with Gasteiger partial charge in [0.15, 0.2) is 17.3 Å². The lowest BCUT2D eigenvalue weighted by Crippen LogP contribution is -2.30. The zero-order chi connectivity index (χ0) is 14.5. The molecule has 0 amide bonds.